The Morgan fingerprint density at radius 3 is 2.36 bits per heavy atom. The minimum Gasteiger partial charge on any atom is -0.365 e. The van der Waals surface area contributed by atoms with Gasteiger partial charge in [0.1, 0.15) is 5.82 Å². The molecule has 0 aromatic heterocycles. The van der Waals surface area contributed by atoms with Crippen molar-refractivity contribution in [2.24, 2.45) is 0 Å². The van der Waals surface area contributed by atoms with E-state index in [0.29, 0.717) is 0 Å². The molecule has 2 aliphatic heterocycles. The van der Waals surface area contributed by atoms with Crippen LogP contribution in [0.4, 0.5) is 24.5 Å². The lowest BCUT2D eigenvalue weighted by atomic mass is 9.96. The molecule has 2 aromatic rings. The molecule has 0 fully saturated rings. The van der Waals surface area contributed by atoms with Crippen LogP contribution in [0.15, 0.2) is 48.3 Å². The van der Waals surface area contributed by atoms with E-state index >= 15 is 0 Å². The van der Waals surface area contributed by atoms with E-state index in [-0.39, 0.29) is 5.54 Å². The van der Waals surface area contributed by atoms with Crippen LogP contribution in [0, 0.1) is 0 Å². The van der Waals surface area contributed by atoms with Gasteiger partial charge in [-0.05, 0) is 57.4 Å². The molecule has 0 saturated carbocycles. The largest absolute Gasteiger partial charge is 0.416 e. The molecule has 3 nitrogen and oxygen atoms in total. The van der Waals surface area contributed by atoms with Crippen LogP contribution in [0.1, 0.15) is 43.9 Å². The van der Waals surface area contributed by atoms with Gasteiger partial charge in [0.15, 0.2) is 0 Å². The van der Waals surface area contributed by atoms with Crippen molar-refractivity contribution in [1.29, 1.82) is 0 Å². The smallest absolute Gasteiger partial charge is 0.365 e. The van der Waals surface area contributed by atoms with Gasteiger partial charge in [-0.1, -0.05) is 24.3 Å². The Bertz CT molecular complexity index is 922. The van der Waals surface area contributed by atoms with Crippen LogP contribution in [0.5, 0.6) is 0 Å². The highest BCUT2D eigenvalue weighted by atomic mass is 19.4. The molecule has 2 aromatic carbocycles. The molecule has 0 atom stereocenters. The Hall–Kier alpha value is -2.63. The molecule has 0 unspecified atom stereocenters. The summed E-state index contributed by atoms with van der Waals surface area (Å²) in [6.45, 7) is 7.11. The van der Waals surface area contributed by atoms with Crippen LogP contribution < -0.4 is 15.5 Å². The molecule has 6 heteroatoms. The van der Waals surface area contributed by atoms with Crippen molar-refractivity contribution in [3.8, 4) is 0 Å². The number of benzene rings is 2. The van der Waals surface area contributed by atoms with Gasteiger partial charge in [-0.15, -0.1) is 0 Å². The van der Waals surface area contributed by atoms with E-state index in [0.717, 1.165) is 60.0 Å². The van der Waals surface area contributed by atoms with Crippen molar-refractivity contribution < 1.29 is 13.2 Å². The van der Waals surface area contributed by atoms with Crippen LogP contribution in [0.3, 0.4) is 0 Å². The van der Waals surface area contributed by atoms with Gasteiger partial charge in [0.25, 0.3) is 0 Å². The van der Waals surface area contributed by atoms with Gasteiger partial charge in [0.05, 0.1) is 22.6 Å². The van der Waals surface area contributed by atoms with Crippen molar-refractivity contribution in [3.63, 3.8) is 0 Å². The predicted octanol–water partition coefficient (Wildman–Crippen LogP) is 5.60. The molecule has 0 saturated heterocycles. The van der Waals surface area contributed by atoms with Gasteiger partial charge in [-0.3, -0.25) is 0 Å². The average Bonchev–Trinajstić information content (AvgIpc) is 2.62. The van der Waals surface area contributed by atoms with Crippen LogP contribution in [-0.4, -0.2) is 12.1 Å². The third-order valence-corrected chi connectivity index (χ3v) is 4.98. The second kappa shape index (κ2) is 6.47. The first-order chi connectivity index (χ1) is 13.1. The molecular formula is C22H24F3N3. The molecule has 0 bridgehead atoms. The molecule has 0 aliphatic carbocycles. The zero-order chi connectivity index (χ0) is 20.1. The van der Waals surface area contributed by atoms with Gasteiger partial charge in [0.2, 0.25) is 0 Å². The van der Waals surface area contributed by atoms with Gasteiger partial charge in [-0.2, -0.15) is 13.2 Å². The third kappa shape index (κ3) is 3.43. The van der Waals surface area contributed by atoms with E-state index in [4.69, 9.17) is 0 Å². The molecule has 0 radical (unpaired) electrons. The van der Waals surface area contributed by atoms with E-state index in [2.05, 4.69) is 42.4 Å². The number of para-hydroxylation sites is 1. The molecular weight excluding hydrogens is 363 g/mol. The lowest BCUT2D eigenvalue weighted by Gasteiger charge is -2.42. The molecule has 0 spiro atoms. The number of nitrogens with zero attached hydrogens (tertiary/aromatic N) is 1. The fourth-order valence-electron chi connectivity index (χ4n) is 3.82. The maximum absolute atomic E-state index is 13.0. The van der Waals surface area contributed by atoms with E-state index in [9.17, 15) is 13.2 Å². The summed E-state index contributed by atoms with van der Waals surface area (Å²) in [4.78, 5) is 2.27. The van der Waals surface area contributed by atoms with Crippen LogP contribution >= 0.6 is 0 Å². The Labute approximate surface area is 163 Å². The fraction of sp³-hybridized carbons (Fsp3) is 0.364. The molecule has 148 valence electrons. The average molecular weight is 387 g/mol. The zero-order valence-corrected chi connectivity index (χ0v) is 16.2. The lowest BCUT2D eigenvalue weighted by molar-refractivity contribution is -0.137. The minimum absolute atomic E-state index is 0.196. The summed E-state index contributed by atoms with van der Waals surface area (Å²) >= 11 is 0. The van der Waals surface area contributed by atoms with Crippen LogP contribution in [0.2, 0.25) is 0 Å². The Morgan fingerprint density at radius 2 is 1.71 bits per heavy atom. The third-order valence-electron chi connectivity index (χ3n) is 4.98. The van der Waals surface area contributed by atoms with Gasteiger partial charge in [0, 0.05) is 17.6 Å². The van der Waals surface area contributed by atoms with Gasteiger partial charge < -0.3 is 15.5 Å². The summed E-state index contributed by atoms with van der Waals surface area (Å²) in [5.74, 6) is 0.909. The second-order valence-corrected chi connectivity index (χ2v) is 8.37. The number of aryl methyl sites for hydroxylation is 1. The van der Waals surface area contributed by atoms with E-state index < -0.39 is 11.7 Å². The van der Waals surface area contributed by atoms with Crippen molar-refractivity contribution in [2.75, 3.05) is 16.8 Å². The first kappa shape index (κ1) is 18.7. The summed E-state index contributed by atoms with van der Waals surface area (Å²) in [5, 5.41) is 7.05. The number of nitrogens with one attached hydrogen (secondary N) is 2. The molecule has 2 aliphatic rings. The van der Waals surface area contributed by atoms with E-state index in [1.165, 1.54) is 17.7 Å². The Kier molecular flexibility index (Phi) is 4.32. The number of anilines is 2. The second-order valence-electron chi connectivity index (χ2n) is 8.37. The Morgan fingerprint density at radius 1 is 1.00 bits per heavy atom. The standard InChI is InChI=1S/C22H24F3N3/c1-21(2,3)27-20-18(14-9-11-16(12-10-14)22(23,24)25)26-17-8-4-6-15-7-5-13-28(20)19(15)17/h4,6,8-12,26-27H,5,7,13H2,1-3H3. The van der Waals surface area contributed by atoms with Crippen molar-refractivity contribution in [1.82, 2.24) is 5.32 Å². The molecule has 2 N–H and O–H groups in total. The number of hydrogen-bond donors (Lipinski definition) is 2. The highest BCUT2D eigenvalue weighted by molar-refractivity contribution is 5.93. The van der Waals surface area contributed by atoms with Crippen molar-refractivity contribution in [2.45, 2.75) is 45.3 Å². The molecule has 4 rings (SSSR count). The number of halogens is 3. The molecule has 2 heterocycles. The molecule has 28 heavy (non-hydrogen) atoms. The quantitative estimate of drug-likeness (QED) is 0.703. The number of alkyl halides is 3. The minimum atomic E-state index is -4.34. The topological polar surface area (TPSA) is 27.3 Å². The summed E-state index contributed by atoms with van der Waals surface area (Å²) < 4.78 is 38.9. The Balaban J connectivity index is 1.84. The van der Waals surface area contributed by atoms with Gasteiger partial charge >= 0.3 is 6.18 Å². The number of hydrogen-bond acceptors (Lipinski definition) is 3. The van der Waals surface area contributed by atoms with Crippen LogP contribution in [0.25, 0.3) is 5.70 Å². The lowest BCUT2D eigenvalue weighted by Crippen LogP contribution is -2.46. The maximum atomic E-state index is 13.0. The van der Waals surface area contributed by atoms with Gasteiger partial charge in [-0.25, -0.2) is 0 Å². The molecule has 0 amide bonds. The predicted molar refractivity (Wildman–Crippen MR) is 107 cm³/mol. The first-order valence-electron chi connectivity index (χ1n) is 9.50. The highest BCUT2D eigenvalue weighted by Gasteiger charge is 2.33. The summed E-state index contributed by atoms with van der Waals surface area (Å²) in [6, 6.07) is 11.5. The normalized spacial score (nSPS) is 16.6. The summed E-state index contributed by atoms with van der Waals surface area (Å²) in [7, 11) is 0. The summed E-state index contributed by atoms with van der Waals surface area (Å²) in [5.41, 5.74) is 4.13. The SMILES string of the molecule is CC(C)(C)NC1=C(c2ccc(C(F)(F)F)cc2)Nc2cccc3c2N1CCC3. The highest BCUT2D eigenvalue weighted by Crippen LogP contribution is 2.43. The van der Waals surface area contributed by atoms with E-state index in [1.807, 2.05) is 12.1 Å². The van der Waals surface area contributed by atoms with Crippen molar-refractivity contribution in [3.05, 3.63) is 65.0 Å². The monoisotopic (exact) mass is 387 g/mol. The fourth-order valence-corrected chi connectivity index (χ4v) is 3.82. The maximum Gasteiger partial charge on any atom is 0.416 e. The summed E-state index contributed by atoms with van der Waals surface area (Å²) in [6.07, 6.45) is -2.28. The van der Waals surface area contributed by atoms with Crippen LogP contribution in [-0.2, 0) is 12.6 Å². The zero-order valence-electron chi connectivity index (χ0n) is 16.2. The van der Waals surface area contributed by atoms with Crippen molar-refractivity contribution >= 4 is 17.1 Å². The number of rotatable bonds is 2. The van der Waals surface area contributed by atoms with E-state index in [1.54, 1.807) is 0 Å². The first-order valence-corrected chi connectivity index (χ1v) is 9.50.